The highest BCUT2D eigenvalue weighted by Gasteiger charge is 2.38. The van der Waals surface area contributed by atoms with E-state index in [1.54, 1.807) is 13.0 Å². The first-order valence-corrected chi connectivity index (χ1v) is 7.88. The van der Waals surface area contributed by atoms with E-state index < -0.39 is 33.5 Å². The summed E-state index contributed by atoms with van der Waals surface area (Å²) in [7, 11) is -3.41. The minimum atomic E-state index is -3.41. The van der Waals surface area contributed by atoms with Crippen LogP contribution in [-0.2, 0) is 25.8 Å². The Morgan fingerprint density at radius 3 is 2.75 bits per heavy atom. The lowest BCUT2D eigenvalue weighted by Crippen LogP contribution is -2.55. The molecule has 0 saturated carbocycles. The topological polar surface area (TPSA) is 105 Å². The second kappa shape index (κ2) is 5.28. The monoisotopic (exact) mass is 301 g/mol. The van der Waals surface area contributed by atoms with Crippen LogP contribution < -0.4 is 0 Å². The Bertz CT molecular complexity index is 632. The van der Waals surface area contributed by atoms with Crippen molar-refractivity contribution in [2.75, 3.05) is 18.1 Å². The van der Waals surface area contributed by atoms with Gasteiger partial charge in [-0.3, -0.25) is 4.79 Å². The number of carboxylic acid groups (broad SMARTS) is 1. The SMILES string of the molecule is Cc1ccoc1CC(=O)N1CCS(=O)(=O)CC1C(=O)O. The zero-order valence-corrected chi connectivity index (χ0v) is 11.7. The summed E-state index contributed by atoms with van der Waals surface area (Å²) in [6, 6.07) is 0.384. The Morgan fingerprint density at radius 1 is 1.50 bits per heavy atom. The average molecular weight is 301 g/mol. The minimum absolute atomic E-state index is 0.0668. The molecular weight excluding hydrogens is 286 g/mol. The van der Waals surface area contributed by atoms with E-state index in [-0.39, 0.29) is 18.7 Å². The Hall–Kier alpha value is -1.83. The van der Waals surface area contributed by atoms with E-state index >= 15 is 0 Å². The van der Waals surface area contributed by atoms with Crippen molar-refractivity contribution in [3.8, 4) is 0 Å². The van der Waals surface area contributed by atoms with Crippen LogP contribution in [0.3, 0.4) is 0 Å². The van der Waals surface area contributed by atoms with Gasteiger partial charge in [0.05, 0.1) is 24.2 Å². The van der Waals surface area contributed by atoms with Crippen LogP contribution in [0.2, 0.25) is 0 Å². The highest BCUT2D eigenvalue weighted by atomic mass is 32.2. The maximum absolute atomic E-state index is 12.2. The van der Waals surface area contributed by atoms with Crippen LogP contribution in [0, 0.1) is 6.92 Å². The molecule has 1 aromatic heterocycles. The first-order chi connectivity index (χ1) is 9.30. The van der Waals surface area contributed by atoms with Gasteiger partial charge in [0.1, 0.15) is 11.8 Å². The van der Waals surface area contributed by atoms with E-state index in [4.69, 9.17) is 9.52 Å². The highest BCUT2D eigenvalue weighted by Crippen LogP contribution is 2.16. The van der Waals surface area contributed by atoms with Crippen molar-refractivity contribution in [3.63, 3.8) is 0 Å². The van der Waals surface area contributed by atoms with Crippen LogP contribution in [0.4, 0.5) is 0 Å². The minimum Gasteiger partial charge on any atom is -0.480 e. The first kappa shape index (κ1) is 14.6. The summed E-state index contributed by atoms with van der Waals surface area (Å²) in [6.07, 6.45) is 1.38. The van der Waals surface area contributed by atoms with Crippen molar-refractivity contribution in [1.82, 2.24) is 4.90 Å². The summed E-state index contributed by atoms with van der Waals surface area (Å²) in [6.45, 7) is 1.68. The van der Waals surface area contributed by atoms with Crippen molar-refractivity contribution < 1.29 is 27.5 Å². The van der Waals surface area contributed by atoms with Gasteiger partial charge in [0.25, 0.3) is 0 Å². The number of carboxylic acids is 1. The molecule has 8 heteroatoms. The Morgan fingerprint density at radius 2 is 2.20 bits per heavy atom. The molecule has 1 unspecified atom stereocenters. The fraction of sp³-hybridized carbons (Fsp3) is 0.500. The van der Waals surface area contributed by atoms with E-state index in [0.29, 0.717) is 5.76 Å². The molecule has 0 radical (unpaired) electrons. The Labute approximate surface area is 116 Å². The van der Waals surface area contributed by atoms with Gasteiger partial charge in [0.15, 0.2) is 9.84 Å². The lowest BCUT2D eigenvalue weighted by molar-refractivity contribution is -0.149. The molecule has 1 fully saturated rings. The fourth-order valence-corrected chi connectivity index (χ4v) is 3.58. The molecule has 1 aliphatic rings. The summed E-state index contributed by atoms with van der Waals surface area (Å²) in [5, 5.41) is 9.09. The van der Waals surface area contributed by atoms with Crippen molar-refractivity contribution in [2.24, 2.45) is 0 Å². The number of hydrogen-bond acceptors (Lipinski definition) is 5. The summed E-state index contributed by atoms with van der Waals surface area (Å²) in [4.78, 5) is 24.4. The zero-order chi connectivity index (χ0) is 14.9. The van der Waals surface area contributed by atoms with E-state index in [1.165, 1.54) is 6.26 Å². The number of furan rings is 1. The molecule has 2 rings (SSSR count). The zero-order valence-electron chi connectivity index (χ0n) is 10.9. The number of nitrogens with zero attached hydrogens (tertiary/aromatic N) is 1. The predicted octanol–water partition coefficient (Wildman–Crippen LogP) is -0.159. The van der Waals surface area contributed by atoms with Gasteiger partial charge in [0, 0.05) is 6.54 Å². The predicted molar refractivity (Wildman–Crippen MR) is 68.9 cm³/mol. The summed E-state index contributed by atoms with van der Waals surface area (Å²) >= 11 is 0. The van der Waals surface area contributed by atoms with Gasteiger partial charge < -0.3 is 14.4 Å². The second-order valence-electron chi connectivity index (χ2n) is 4.76. The van der Waals surface area contributed by atoms with Crippen LogP contribution in [0.1, 0.15) is 11.3 Å². The average Bonchev–Trinajstić information content (AvgIpc) is 2.73. The number of hydrogen-bond donors (Lipinski definition) is 1. The smallest absolute Gasteiger partial charge is 0.327 e. The standard InChI is InChI=1S/C12H15NO6S/c1-8-2-4-19-10(8)6-11(14)13-3-5-20(17,18)7-9(13)12(15)16/h2,4,9H,3,5-7H2,1H3,(H,15,16). The number of aliphatic carboxylic acids is 1. The molecule has 1 saturated heterocycles. The molecule has 1 aromatic rings. The third-order valence-corrected chi connectivity index (χ3v) is 4.94. The van der Waals surface area contributed by atoms with Crippen LogP contribution in [-0.4, -0.2) is 54.4 Å². The van der Waals surface area contributed by atoms with E-state index in [2.05, 4.69) is 0 Å². The van der Waals surface area contributed by atoms with E-state index in [0.717, 1.165) is 10.5 Å². The normalized spacial score (nSPS) is 21.6. The number of sulfone groups is 1. The fourth-order valence-electron chi connectivity index (χ4n) is 2.13. The molecule has 1 amide bonds. The quantitative estimate of drug-likeness (QED) is 0.832. The van der Waals surface area contributed by atoms with E-state index in [1.807, 2.05) is 0 Å². The third-order valence-electron chi connectivity index (χ3n) is 3.32. The number of aryl methyl sites for hydroxylation is 1. The molecule has 1 N–H and O–H groups in total. The lowest BCUT2D eigenvalue weighted by atomic mass is 10.2. The highest BCUT2D eigenvalue weighted by molar-refractivity contribution is 7.91. The maximum atomic E-state index is 12.2. The largest absolute Gasteiger partial charge is 0.480 e. The van der Waals surface area contributed by atoms with Gasteiger partial charge in [-0.05, 0) is 18.6 Å². The van der Waals surface area contributed by atoms with Crippen LogP contribution in [0.5, 0.6) is 0 Å². The van der Waals surface area contributed by atoms with Crippen LogP contribution in [0.15, 0.2) is 16.7 Å². The molecular formula is C12H15NO6S. The maximum Gasteiger partial charge on any atom is 0.327 e. The molecule has 0 bridgehead atoms. The molecule has 0 aromatic carbocycles. The Kier molecular flexibility index (Phi) is 3.85. The second-order valence-corrected chi connectivity index (χ2v) is 6.99. The summed E-state index contributed by atoms with van der Waals surface area (Å²) in [5.74, 6) is -2.03. The molecule has 1 atom stereocenters. The molecule has 7 nitrogen and oxygen atoms in total. The molecule has 0 spiro atoms. The van der Waals surface area contributed by atoms with Gasteiger partial charge in [0.2, 0.25) is 5.91 Å². The third kappa shape index (κ3) is 3.01. The number of carbonyl (C=O) groups excluding carboxylic acids is 1. The van der Waals surface area contributed by atoms with Gasteiger partial charge in [-0.2, -0.15) is 0 Å². The van der Waals surface area contributed by atoms with E-state index in [9.17, 15) is 18.0 Å². The number of rotatable bonds is 3. The van der Waals surface area contributed by atoms with Gasteiger partial charge in [-0.25, -0.2) is 13.2 Å². The Balaban J connectivity index is 2.16. The van der Waals surface area contributed by atoms with Crippen LogP contribution in [0.25, 0.3) is 0 Å². The molecule has 1 aliphatic heterocycles. The van der Waals surface area contributed by atoms with Crippen molar-refractivity contribution >= 4 is 21.7 Å². The first-order valence-electron chi connectivity index (χ1n) is 6.06. The molecule has 2 heterocycles. The summed E-state index contributed by atoms with van der Waals surface area (Å²) < 4.78 is 28.1. The van der Waals surface area contributed by atoms with Crippen molar-refractivity contribution in [1.29, 1.82) is 0 Å². The lowest BCUT2D eigenvalue weighted by Gasteiger charge is -2.32. The molecule has 110 valence electrons. The van der Waals surface area contributed by atoms with Crippen LogP contribution >= 0.6 is 0 Å². The molecule has 0 aliphatic carbocycles. The molecule has 20 heavy (non-hydrogen) atoms. The van der Waals surface area contributed by atoms with Crippen molar-refractivity contribution in [3.05, 3.63) is 23.7 Å². The van der Waals surface area contributed by atoms with Gasteiger partial charge >= 0.3 is 5.97 Å². The summed E-state index contributed by atoms with van der Waals surface area (Å²) in [5.41, 5.74) is 0.801. The van der Waals surface area contributed by atoms with Crippen molar-refractivity contribution in [2.45, 2.75) is 19.4 Å². The van der Waals surface area contributed by atoms with Gasteiger partial charge in [-0.15, -0.1) is 0 Å². The van der Waals surface area contributed by atoms with Gasteiger partial charge in [-0.1, -0.05) is 0 Å². The number of carbonyl (C=O) groups is 2. The number of amides is 1.